The smallest absolute Gasteiger partial charge is 0.0348 e. The third-order valence-corrected chi connectivity index (χ3v) is 4.54. The van der Waals surface area contributed by atoms with Gasteiger partial charge in [0.2, 0.25) is 0 Å². The lowest BCUT2D eigenvalue weighted by molar-refractivity contribution is 0.341. The second-order valence-corrected chi connectivity index (χ2v) is 5.87. The average Bonchev–Trinajstić information content (AvgIpc) is 2.38. The zero-order valence-electron chi connectivity index (χ0n) is 12.1. The normalized spacial score (nSPS) is 13.0. The van der Waals surface area contributed by atoms with Crippen LogP contribution in [-0.2, 0) is 0 Å². The number of rotatable bonds is 7. The van der Waals surface area contributed by atoms with Gasteiger partial charge in [0.15, 0.2) is 0 Å². The molecule has 1 rings (SSSR count). The van der Waals surface area contributed by atoms with E-state index in [0.717, 1.165) is 6.54 Å². The highest BCUT2D eigenvalue weighted by atomic mass is 79.9. The van der Waals surface area contributed by atoms with Crippen molar-refractivity contribution in [1.82, 2.24) is 5.32 Å². The van der Waals surface area contributed by atoms with E-state index in [0.29, 0.717) is 12.0 Å². The second kappa shape index (κ2) is 7.96. The van der Waals surface area contributed by atoms with Gasteiger partial charge >= 0.3 is 0 Å². The summed E-state index contributed by atoms with van der Waals surface area (Å²) in [6.07, 6.45) is 3.64. The van der Waals surface area contributed by atoms with Crippen LogP contribution in [-0.4, -0.2) is 6.54 Å². The molecular weight excluding hydrogens is 286 g/mol. The Kier molecular flexibility index (Phi) is 6.95. The summed E-state index contributed by atoms with van der Waals surface area (Å²) < 4.78 is 1.22. The van der Waals surface area contributed by atoms with E-state index in [1.54, 1.807) is 0 Å². The highest BCUT2D eigenvalue weighted by Gasteiger charge is 2.19. The van der Waals surface area contributed by atoms with Gasteiger partial charge in [0, 0.05) is 10.5 Å². The zero-order chi connectivity index (χ0) is 13.5. The molecule has 0 radical (unpaired) electrons. The van der Waals surface area contributed by atoms with Gasteiger partial charge in [-0.1, -0.05) is 61.7 Å². The van der Waals surface area contributed by atoms with E-state index in [4.69, 9.17) is 0 Å². The topological polar surface area (TPSA) is 12.0 Å². The number of hydrogen-bond donors (Lipinski definition) is 1. The van der Waals surface area contributed by atoms with Crippen molar-refractivity contribution >= 4 is 15.9 Å². The third-order valence-electron chi connectivity index (χ3n) is 3.69. The average molecular weight is 312 g/mol. The van der Waals surface area contributed by atoms with Gasteiger partial charge in [-0.3, -0.25) is 0 Å². The van der Waals surface area contributed by atoms with Gasteiger partial charge in [-0.2, -0.15) is 0 Å². The van der Waals surface area contributed by atoms with Crippen molar-refractivity contribution in [3.63, 3.8) is 0 Å². The van der Waals surface area contributed by atoms with Gasteiger partial charge in [0.1, 0.15) is 0 Å². The Bertz CT molecular complexity index is 358. The van der Waals surface area contributed by atoms with Crippen LogP contribution in [0.1, 0.15) is 57.2 Å². The van der Waals surface area contributed by atoms with E-state index >= 15 is 0 Å². The first-order valence-electron chi connectivity index (χ1n) is 7.13. The van der Waals surface area contributed by atoms with E-state index < -0.39 is 0 Å². The molecule has 1 N–H and O–H groups in total. The molecule has 18 heavy (non-hydrogen) atoms. The van der Waals surface area contributed by atoms with Gasteiger partial charge in [-0.25, -0.2) is 0 Å². The van der Waals surface area contributed by atoms with Gasteiger partial charge < -0.3 is 5.32 Å². The van der Waals surface area contributed by atoms with Gasteiger partial charge in [-0.15, -0.1) is 0 Å². The lowest BCUT2D eigenvalue weighted by atomic mass is 9.88. The largest absolute Gasteiger partial charge is 0.310 e. The highest BCUT2D eigenvalue weighted by Crippen LogP contribution is 2.30. The lowest BCUT2D eigenvalue weighted by Crippen LogP contribution is -2.28. The Hall–Kier alpha value is -0.340. The summed E-state index contributed by atoms with van der Waals surface area (Å²) in [5.74, 6) is 0.714. The summed E-state index contributed by atoms with van der Waals surface area (Å²) >= 11 is 3.65. The van der Waals surface area contributed by atoms with Gasteiger partial charge in [0.05, 0.1) is 0 Å². The standard InChI is InChI=1S/C16H26BrN/c1-5-10-18-16(13(6-2)7-3)14-9-8-12(4)15(17)11-14/h8-9,11,13,16,18H,5-7,10H2,1-4H3. The highest BCUT2D eigenvalue weighted by molar-refractivity contribution is 9.10. The van der Waals surface area contributed by atoms with E-state index in [9.17, 15) is 0 Å². The fourth-order valence-electron chi connectivity index (χ4n) is 2.42. The molecule has 1 atom stereocenters. The van der Waals surface area contributed by atoms with Crippen molar-refractivity contribution in [3.05, 3.63) is 33.8 Å². The van der Waals surface area contributed by atoms with Gasteiger partial charge in [0.25, 0.3) is 0 Å². The quantitative estimate of drug-likeness (QED) is 0.726. The second-order valence-electron chi connectivity index (χ2n) is 5.02. The molecule has 0 fully saturated rings. The van der Waals surface area contributed by atoms with Crippen LogP contribution in [0.2, 0.25) is 0 Å². The maximum Gasteiger partial charge on any atom is 0.0348 e. The molecule has 2 heteroatoms. The van der Waals surface area contributed by atoms with E-state index in [-0.39, 0.29) is 0 Å². The first kappa shape index (κ1) is 15.7. The van der Waals surface area contributed by atoms with E-state index in [2.05, 4.69) is 67.1 Å². The van der Waals surface area contributed by atoms with Crippen molar-refractivity contribution < 1.29 is 0 Å². The summed E-state index contributed by atoms with van der Waals surface area (Å²) in [4.78, 5) is 0. The molecule has 0 spiro atoms. The first-order valence-corrected chi connectivity index (χ1v) is 7.92. The first-order chi connectivity index (χ1) is 8.63. The molecule has 0 saturated heterocycles. The number of halogens is 1. The Morgan fingerprint density at radius 2 is 1.83 bits per heavy atom. The minimum absolute atomic E-state index is 0.483. The molecule has 0 amide bonds. The number of aryl methyl sites for hydroxylation is 1. The summed E-state index contributed by atoms with van der Waals surface area (Å²) in [7, 11) is 0. The van der Waals surface area contributed by atoms with Crippen LogP contribution in [0.3, 0.4) is 0 Å². The van der Waals surface area contributed by atoms with Crippen LogP contribution >= 0.6 is 15.9 Å². The predicted molar refractivity (Wildman–Crippen MR) is 84.0 cm³/mol. The summed E-state index contributed by atoms with van der Waals surface area (Å²) in [6.45, 7) is 10.0. The van der Waals surface area contributed by atoms with Crippen LogP contribution in [0.15, 0.2) is 22.7 Å². The molecule has 0 aliphatic heterocycles. The Balaban J connectivity index is 2.96. The minimum atomic E-state index is 0.483. The lowest BCUT2D eigenvalue weighted by Gasteiger charge is -2.27. The SMILES string of the molecule is CCCNC(c1ccc(C)c(Br)c1)C(CC)CC. The van der Waals surface area contributed by atoms with Crippen LogP contribution in [0.5, 0.6) is 0 Å². The van der Waals surface area contributed by atoms with Crippen molar-refractivity contribution in [3.8, 4) is 0 Å². The van der Waals surface area contributed by atoms with Crippen LogP contribution in [0.4, 0.5) is 0 Å². The Labute approximate surface area is 120 Å². The molecule has 0 aromatic heterocycles. The molecule has 0 bridgehead atoms. The molecule has 1 nitrogen and oxygen atoms in total. The Morgan fingerprint density at radius 1 is 1.17 bits per heavy atom. The van der Waals surface area contributed by atoms with Crippen LogP contribution < -0.4 is 5.32 Å². The van der Waals surface area contributed by atoms with Crippen LogP contribution in [0, 0.1) is 12.8 Å². The third kappa shape index (κ3) is 4.10. The van der Waals surface area contributed by atoms with Crippen molar-refractivity contribution in [2.75, 3.05) is 6.54 Å². The van der Waals surface area contributed by atoms with E-state index in [1.165, 1.54) is 34.9 Å². The molecule has 0 heterocycles. The number of nitrogens with one attached hydrogen (secondary N) is 1. The maximum absolute atomic E-state index is 3.71. The molecule has 1 unspecified atom stereocenters. The van der Waals surface area contributed by atoms with E-state index in [1.807, 2.05) is 0 Å². The van der Waals surface area contributed by atoms with Crippen LogP contribution in [0.25, 0.3) is 0 Å². The Morgan fingerprint density at radius 3 is 2.33 bits per heavy atom. The zero-order valence-corrected chi connectivity index (χ0v) is 13.7. The molecule has 1 aromatic carbocycles. The molecule has 1 aromatic rings. The minimum Gasteiger partial charge on any atom is -0.310 e. The molecular formula is C16H26BrN. The molecule has 0 aliphatic rings. The van der Waals surface area contributed by atoms with Crippen molar-refractivity contribution in [2.45, 2.75) is 53.0 Å². The van der Waals surface area contributed by atoms with Gasteiger partial charge in [-0.05, 0) is 43.0 Å². The summed E-state index contributed by atoms with van der Waals surface area (Å²) in [6, 6.07) is 7.24. The molecule has 102 valence electrons. The molecule has 0 aliphatic carbocycles. The number of hydrogen-bond acceptors (Lipinski definition) is 1. The number of benzene rings is 1. The predicted octanol–water partition coefficient (Wildman–Crippen LogP) is 5.23. The van der Waals surface area contributed by atoms with Crippen molar-refractivity contribution in [2.24, 2.45) is 5.92 Å². The van der Waals surface area contributed by atoms with Crippen molar-refractivity contribution in [1.29, 1.82) is 0 Å². The summed E-state index contributed by atoms with van der Waals surface area (Å²) in [5, 5.41) is 3.71. The molecule has 0 saturated carbocycles. The summed E-state index contributed by atoms with van der Waals surface area (Å²) in [5.41, 5.74) is 2.71. The fraction of sp³-hybridized carbons (Fsp3) is 0.625. The fourth-order valence-corrected chi connectivity index (χ4v) is 2.82. The maximum atomic E-state index is 3.71. The monoisotopic (exact) mass is 311 g/mol.